The van der Waals surface area contributed by atoms with E-state index in [1.807, 2.05) is 29.2 Å². The maximum atomic E-state index is 11.7. The molecule has 1 aliphatic rings. The second kappa shape index (κ2) is 11.2. The van der Waals surface area contributed by atoms with Gasteiger partial charge in [-0.2, -0.15) is 0 Å². The zero-order chi connectivity index (χ0) is 16.5. The van der Waals surface area contributed by atoms with Gasteiger partial charge in [0.25, 0.3) is 0 Å². The Balaban J connectivity index is 0.00000288. The molecule has 0 unspecified atom stereocenters. The van der Waals surface area contributed by atoms with E-state index in [-0.39, 0.29) is 29.9 Å². The molecule has 134 valence electrons. The molecule has 24 heavy (non-hydrogen) atoms. The molecule has 1 amide bonds. The lowest BCUT2D eigenvalue weighted by Gasteiger charge is -2.16. The number of amides is 1. The molecule has 1 aromatic carbocycles. The van der Waals surface area contributed by atoms with E-state index in [0.717, 1.165) is 49.7 Å². The Morgan fingerprint density at radius 1 is 1.29 bits per heavy atom. The highest BCUT2D eigenvalue weighted by Crippen LogP contribution is 2.21. The predicted octanol–water partition coefficient (Wildman–Crippen LogP) is 2.13. The number of carbonyl (C=O) groups excluding carboxylic acids is 1. The summed E-state index contributed by atoms with van der Waals surface area (Å²) in [5.41, 5.74) is 2.14. The summed E-state index contributed by atoms with van der Waals surface area (Å²) in [6.45, 7) is 3.08. The highest BCUT2D eigenvalue weighted by Gasteiger charge is 2.21. The SMILES string of the molecule is CN=C(NCCCOC)NCc1ccc(N2CCCC2=O)cc1.I. The molecule has 0 aromatic heterocycles. The fraction of sp³-hybridized carbons (Fsp3) is 0.529. The molecule has 0 saturated carbocycles. The number of methoxy groups -OCH3 is 1. The molecular weight excluding hydrogens is 419 g/mol. The number of hydrogen-bond acceptors (Lipinski definition) is 3. The molecule has 0 spiro atoms. The van der Waals surface area contributed by atoms with E-state index in [0.29, 0.717) is 13.0 Å². The van der Waals surface area contributed by atoms with Crippen molar-refractivity contribution in [1.29, 1.82) is 0 Å². The summed E-state index contributed by atoms with van der Waals surface area (Å²) in [4.78, 5) is 17.8. The van der Waals surface area contributed by atoms with E-state index in [4.69, 9.17) is 4.74 Å². The lowest BCUT2D eigenvalue weighted by atomic mass is 10.2. The number of nitrogens with one attached hydrogen (secondary N) is 2. The summed E-state index contributed by atoms with van der Waals surface area (Å²) < 4.78 is 5.02. The van der Waals surface area contributed by atoms with Gasteiger partial charge in [-0.1, -0.05) is 12.1 Å². The number of carbonyl (C=O) groups is 1. The molecule has 2 rings (SSSR count). The Hall–Kier alpha value is -1.35. The summed E-state index contributed by atoms with van der Waals surface area (Å²) in [7, 11) is 3.46. The summed E-state index contributed by atoms with van der Waals surface area (Å²) in [6, 6.07) is 8.11. The van der Waals surface area contributed by atoms with E-state index in [1.54, 1.807) is 14.2 Å². The van der Waals surface area contributed by atoms with Gasteiger partial charge in [0, 0.05) is 52.5 Å². The number of benzene rings is 1. The number of nitrogens with zero attached hydrogens (tertiary/aromatic N) is 2. The molecule has 0 aliphatic carbocycles. The number of aliphatic imine (C=N–C) groups is 1. The summed E-state index contributed by atoms with van der Waals surface area (Å²) in [6.07, 6.45) is 2.55. The van der Waals surface area contributed by atoms with Crippen LogP contribution in [0.15, 0.2) is 29.3 Å². The molecule has 6 nitrogen and oxygen atoms in total. The van der Waals surface area contributed by atoms with Gasteiger partial charge in [0.05, 0.1) is 0 Å². The third-order valence-corrected chi connectivity index (χ3v) is 3.82. The van der Waals surface area contributed by atoms with Crippen LogP contribution in [0, 0.1) is 0 Å². The standard InChI is InChI=1S/C17H26N4O2.HI/c1-18-17(19-10-4-12-23-2)20-13-14-6-8-15(9-7-14)21-11-3-5-16(21)22;/h6-9H,3-5,10-13H2,1-2H3,(H2,18,19,20);1H. The first kappa shape index (κ1) is 20.7. The maximum Gasteiger partial charge on any atom is 0.227 e. The van der Waals surface area contributed by atoms with Crippen molar-refractivity contribution < 1.29 is 9.53 Å². The van der Waals surface area contributed by atoms with Crippen molar-refractivity contribution in [1.82, 2.24) is 10.6 Å². The molecule has 1 heterocycles. The molecule has 1 saturated heterocycles. The Bertz CT molecular complexity index is 534. The predicted molar refractivity (Wildman–Crippen MR) is 108 cm³/mol. The highest BCUT2D eigenvalue weighted by atomic mass is 127. The van der Waals surface area contributed by atoms with Gasteiger partial charge in [-0.15, -0.1) is 24.0 Å². The third-order valence-electron chi connectivity index (χ3n) is 3.82. The molecule has 7 heteroatoms. The van der Waals surface area contributed by atoms with Gasteiger partial charge in [0.2, 0.25) is 5.91 Å². The largest absolute Gasteiger partial charge is 0.385 e. The van der Waals surface area contributed by atoms with Gasteiger partial charge >= 0.3 is 0 Å². The zero-order valence-electron chi connectivity index (χ0n) is 14.4. The molecule has 2 N–H and O–H groups in total. The molecule has 1 fully saturated rings. The molecular formula is C17H27IN4O2. The molecule has 1 aliphatic heterocycles. The minimum Gasteiger partial charge on any atom is -0.385 e. The topological polar surface area (TPSA) is 66.0 Å². The Morgan fingerprint density at radius 2 is 2.04 bits per heavy atom. The monoisotopic (exact) mass is 446 g/mol. The smallest absolute Gasteiger partial charge is 0.227 e. The van der Waals surface area contributed by atoms with Crippen LogP contribution in [0.5, 0.6) is 0 Å². The van der Waals surface area contributed by atoms with E-state index < -0.39 is 0 Å². The molecule has 0 radical (unpaired) electrons. The second-order valence-corrected chi connectivity index (χ2v) is 5.51. The van der Waals surface area contributed by atoms with Crippen LogP contribution in [0.1, 0.15) is 24.8 Å². The van der Waals surface area contributed by atoms with Crippen molar-refractivity contribution in [3.05, 3.63) is 29.8 Å². The van der Waals surface area contributed by atoms with Crippen LogP contribution in [0.2, 0.25) is 0 Å². The quantitative estimate of drug-likeness (QED) is 0.292. The van der Waals surface area contributed by atoms with Crippen LogP contribution in [-0.2, 0) is 16.1 Å². The van der Waals surface area contributed by atoms with Crippen molar-refractivity contribution in [3.8, 4) is 0 Å². The molecule has 0 atom stereocenters. The van der Waals surface area contributed by atoms with Gasteiger partial charge in [0.1, 0.15) is 0 Å². The Labute approximate surface area is 161 Å². The summed E-state index contributed by atoms with van der Waals surface area (Å²) >= 11 is 0. The van der Waals surface area contributed by atoms with Crippen LogP contribution in [0.3, 0.4) is 0 Å². The van der Waals surface area contributed by atoms with Gasteiger partial charge in [-0.3, -0.25) is 9.79 Å². The number of halogens is 1. The lowest BCUT2D eigenvalue weighted by molar-refractivity contribution is -0.117. The van der Waals surface area contributed by atoms with E-state index in [9.17, 15) is 4.79 Å². The van der Waals surface area contributed by atoms with Crippen LogP contribution in [-0.4, -0.2) is 45.7 Å². The van der Waals surface area contributed by atoms with Crippen molar-refractivity contribution in [3.63, 3.8) is 0 Å². The van der Waals surface area contributed by atoms with Crippen molar-refractivity contribution in [2.24, 2.45) is 4.99 Å². The average molecular weight is 446 g/mol. The van der Waals surface area contributed by atoms with E-state index >= 15 is 0 Å². The van der Waals surface area contributed by atoms with Crippen molar-refractivity contribution in [2.75, 3.05) is 38.8 Å². The first-order chi connectivity index (χ1) is 11.2. The second-order valence-electron chi connectivity index (χ2n) is 5.51. The maximum absolute atomic E-state index is 11.7. The molecule has 1 aromatic rings. The summed E-state index contributed by atoms with van der Waals surface area (Å²) in [5, 5.41) is 6.52. The number of anilines is 1. The Kier molecular flexibility index (Phi) is 9.70. The number of hydrogen-bond donors (Lipinski definition) is 2. The van der Waals surface area contributed by atoms with Gasteiger partial charge < -0.3 is 20.3 Å². The third kappa shape index (κ3) is 6.27. The first-order valence-electron chi connectivity index (χ1n) is 8.07. The fourth-order valence-corrected chi connectivity index (χ4v) is 2.54. The minimum atomic E-state index is 0. The van der Waals surface area contributed by atoms with Crippen molar-refractivity contribution >= 4 is 41.5 Å². The van der Waals surface area contributed by atoms with E-state index in [1.165, 1.54) is 0 Å². The normalized spacial score (nSPS) is 14.5. The number of guanidine groups is 1. The van der Waals surface area contributed by atoms with Gasteiger partial charge in [-0.25, -0.2) is 0 Å². The molecule has 0 bridgehead atoms. The van der Waals surface area contributed by atoms with Crippen LogP contribution < -0.4 is 15.5 Å². The van der Waals surface area contributed by atoms with Crippen LogP contribution in [0.25, 0.3) is 0 Å². The lowest BCUT2D eigenvalue weighted by Crippen LogP contribution is -2.37. The Morgan fingerprint density at radius 3 is 2.62 bits per heavy atom. The fourth-order valence-electron chi connectivity index (χ4n) is 2.54. The summed E-state index contributed by atoms with van der Waals surface area (Å²) in [5.74, 6) is 0.997. The average Bonchev–Trinajstić information content (AvgIpc) is 3.01. The first-order valence-corrected chi connectivity index (χ1v) is 8.07. The highest BCUT2D eigenvalue weighted by molar-refractivity contribution is 14.0. The number of ether oxygens (including phenoxy) is 1. The minimum absolute atomic E-state index is 0. The number of rotatable bonds is 7. The van der Waals surface area contributed by atoms with Gasteiger partial charge in [-0.05, 0) is 30.5 Å². The zero-order valence-corrected chi connectivity index (χ0v) is 16.7. The van der Waals surface area contributed by atoms with Gasteiger partial charge in [0.15, 0.2) is 5.96 Å². The van der Waals surface area contributed by atoms with Crippen LogP contribution in [0.4, 0.5) is 5.69 Å². The van der Waals surface area contributed by atoms with E-state index in [2.05, 4.69) is 15.6 Å². The van der Waals surface area contributed by atoms with Crippen molar-refractivity contribution in [2.45, 2.75) is 25.8 Å². The van der Waals surface area contributed by atoms with Crippen LogP contribution >= 0.6 is 24.0 Å².